The normalized spacial score (nSPS) is 22.6. The number of anilines is 1. The van der Waals surface area contributed by atoms with Crippen LogP contribution in [0.25, 0.3) is 16.9 Å². The van der Waals surface area contributed by atoms with E-state index in [-0.39, 0.29) is 30.1 Å². The lowest BCUT2D eigenvalue weighted by Gasteiger charge is -2.38. The molecule has 40 heavy (non-hydrogen) atoms. The Hall–Kier alpha value is -3.85. The van der Waals surface area contributed by atoms with Crippen LogP contribution in [0.4, 0.5) is 14.5 Å². The predicted molar refractivity (Wildman–Crippen MR) is 148 cm³/mol. The quantitative estimate of drug-likeness (QED) is 0.355. The van der Waals surface area contributed by atoms with Crippen molar-refractivity contribution < 1.29 is 18.7 Å². The number of carbonyl (C=O) groups excluding carboxylic acids is 1. The summed E-state index contributed by atoms with van der Waals surface area (Å²) < 4.78 is 32.2. The first-order valence-corrected chi connectivity index (χ1v) is 14.1. The summed E-state index contributed by atoms with van der Waals surface area (Å²) in [5, 5.41) is 14.6. The maximum atomic E-state index is 15.3. The third-order valence-electron chi connectivity index (χ3n) is 8.50. The molecule has 9 heteroatoms. The van der Waals surface area contributed by atoms with Crippen LogP contribution in [0.3, 0.4) is 0 Å². The SMILES string of the molecule is CCC1c2ccccc2C(F)CN1C(=O)c1cc(C2CC2)n2nc(-c3ccc(N4CCC(O)C4)cc3F)cc2n1. The molecular formula is C31H31F2N5O2. The number of benzene rings is 2. The zero-order chi connectivity index (χ0) is 27.5. The third-order valence-corrected chi connectivity index (χ3v) is 8.50. The molecule has 2 aliphatic heterocycles. The van der Waals surface area contributed by atoms with E-state index in [0.717, 1.165) is 29.8 Å². The summed E-state index contributed by atoms with van der Waals surface area (Å²) >= 11 is 0. The second-order valence-electron chi connectivity index (χ2n) is 11.2. The standard InChI is InChI=1S/C31H31F2N5O2/c1-2-28-22-6-4-3-5-21(22)25(33)17-37(28)31(40)27-14-29(18-7-8-18)38-30(34-27)15-26(35-38)23-10-9-19(13-24(23)32)36-12-11-20(39)16-36/h3-6,9-10,13-15,18,20,25,28,39H,2,7-8,11-12,16-17H2,1H3. The molecular weight excluding hydrogens is 512 g/mol. The fourth-order valence-electron chi connectivity index (χ4n) is 6.27. The molecule has 7 nitrogen and oxygen atoms in total. The monoisotopic (exact) mass is 543 g/mol. The van der Waals surface area contributed by atoms with Gasteiger partial charge in [0, 0.05) is 42.0 Å². The number of aliphatic hydroxyl groups is 1. The van der Waals surface area contributed by atoms with Crippen molar-refractivity contribution in [3.8, 4) is 11.3 Å². The number of fused-ring (bicyclic) bond motifs is 2. The molecule has 0 radical (unpaired) electrons. The largest absolute Gasteiger partial charge is 0.391 e. The maximum Gasteiger partial charge on any atom is 0.273 e. The van der Waals surface area contributed by atoms with Crippen molar-refractivity contribution in [3.63, 3.8) is 0 Å². The van der Waals surface area contributed by atoms with Gasteiger partial charge in [-0.2, -0.15) is 5.10 Å². The highest BCUT2D eigenvalue weighted by atomic mass is 19.1. The molecule has 3 atom stereocenters. The number of amides is 1. The molecule has 3 aliphatic rings. The van der Waals surface area contributed by atoms with Crippen LogP contribution in [0, 0.1) is 5.82 Å². The number of nitrogens with zero attached hydrogens (tertiary/aromatic N) is 5. The molecule has 1 amide bonds. The van der Waals surface area contributed by atoms with Gasteiger partial charge < -0.3 is 14.9 Å². The Bertz CT molecular complexity index is 1620. The van der Waals surface area contributed by atoms with E-state index >= 15 is 8.78 Å². The van der Waals surface area contributed by atoms with E-state index in [1.165, 1.54) is 6.07 Å². The van der Waals surface area contributed by atoms with Crippen molar-refractivity contribution in [2.45, 2.75) is 56.8 Å². The molecule has 1 N–H and O–H groups in total. The molecule has 7 rings (SSSR count). The van der Waals surface area contributed by atoms with Crippen molar-refractivity contribution in [1.82, 2.24) is 19.5 Å². The zero-order valence-corrected chi connectivity index (χ0v) is 22.3. The number of aliphatic hydroxyl groups excluding tert-OH is 1. The van der Waals surface area contributed by atoms with Crippen LogP contribution >= 0.6 is 0 Å². The summed E-state index contributed by atoms with van der Waals surface area (Å²) in [5.74, 6) is -0.464. The minimum absolute atomic E-state index is 0.0178. The molecule has 2 aromatic carbocycles. The summed E-state index contributed by atoms with van der Waals surface area (Å²) in [7, 11) is 0. The predicted octanol–water partition coefficient (Wildman–Crippen LogP) is 5.60. The molecule has 4 heterocycles. The Kier molecular flexibility index (Phi) is 6.07. The van der Waals surface area contributed by atoms with Gasteiger partial charge in [0.05, 0.1) is 24.4 Å². The van der Waals surface area contributed by atoms with Gasteiger partial charge in [-0.3, -0.25) is 4.79 Å². The van der Waals surface area contributed by atoms with E-state index in [2.05, 4.69) is 4.98 Å². The molecule has 206 valence electrons. The molecule has 1 saturated heterocycles. The van der Waals surface area contributed by atoms with Gasteiger partial charge in [0.2, 0.25) is 0 Å². The highest BCUT2D eigenvalue weighted by Gasteiger charge is 2.37. The molecule has 1 aliphatic carbocycles. The summed E-state index contributed by atoms with van der Waals surface area (Å²) in [6.45, 7) is 3.16. The Morgan fingerprint density at radius 2 is 1.85 bits per heavy atom. The van der Waals surface area contributed by atoms with Crippen LogP contribution in [0.1, 0.15) is 78.0 Å². The topological polar surface area (TPSA) is 74.0 Å². The molecule has 2 aromatic heterocycles. The lowest BCUT2D eigenvalue weighted by atomic mass is 9.90. The van der Waals surface area contributed by atoms with Gasteiger partial charge in [-0.25, -0.2) is 18.3 Å². The van der Waals surface area contributed by atoms with Gasteiger partial charge >= 0.3 is 0 Å². The first kappa shape index (κ1) is 25.1. The molecule has 4 aromatic rings. The van der Waals surface area contributed by atoms with Crippen molar-refractivity contribution in [1.29, 1.82) is 0 Å². The number of aromatic nitrogens is 3. The maximum absolute atomic E-state index is 15.3. The van der Waals surface area contributed by atoms with Crippen LogP contribution in [-0.4, -0.2) is 56.2 Å². The van der Waals surface area contributed by atoms with Gasteiger partial charge in [0.15, 0.2) is 5.65 Å². The van der Waals surface area contributed by atoms with E-state index in [0.29, 0.717) is 48.4 Å². The Labute approximate surface area is 231 Å². The van der Waals surface area contributed by atoms with Crippen molar-refractivity contribution in [2.24, 2.45) is 0 Å². The lowest BCUT2D eigenvalue weighted by molar-refractivity contribution is 0.0556. The lowest BCUT2D eigenvalue weighted by Crippen LogP contribution is -2.41. The number of halogens is 2. The van der Waals surface area contributed by atoms with Crippen molar-refractivity contribution in [3.05, 3.63) is 82.9 Å². The highest BCUT2D eigenvalue weighted by molar-refractivity contribution is 5.93. The molecule has 0 spiro atoms. The van der Waals surface area contributed by atoms with E-state index in [1.807, 2.05) is 36.1 Å². The van der Waals surface area contributed by atoms with Crippen LogP contribution in [0.15, 0.2) is 54.6 Å². The van der Waals surface area contributed by atoms with Crippen LogP contribution in [-0.2, 0) is 0 Å². The van der Waals surface area contributed by atoms with Crippen molar-refractivity contribution in [2.75, 3.05) is 24.5 Å². The molecule has 0 bridgehead atoms. The first-order chi connectivity index (χ1) is 19.4. The smallest absolute Gasteiger partial charge is 0.273 e. The average molecular weight is 544 g/mol. The Morgan fingerprint density at radius 3 is 2.55 bits per heavy atom. The molecule has 1 saturated carbocycles. The van der Waals surface area contributed by atoms with E-state index in [1.54, 1.807) is 33.7 Å². The summed E-state index contributed by atoms with van der Waals surface area (Å²) in [4.78, 5) is 22.1. The summed E-state index contributed by atoms with van der Waals surface area (Å²) in [6.07, 6.45) is 1.64. The van der Waals surface area contributed by atoms with Gasteiger partial charge in [-0.1, -0.05) is 31.2 Å². The van der Waals surface area contributed by atoms with Gasteiger partial charge in [0.1, 0.15) is 17.7 Å². The van der Waals surface area contributed by atoms with Crippen LogP contribution in [0.2, 0.25) is 0 Å². The van der Waals surface area contributed by atoms with Crippen molar-refractivity contribution >= 4 is 17.2 Å². The zero-order valence-electron chi connectivity index (χ0n) is 22.3. The number of rotatable bonds is 5. The second-order valence-corrected chi connectivity index (χ2v) is 11.2. The summed E-state index contributed by atoms with van der Waals surface area (Å²) in [6, 6.07) is 15.7. The van der Waals surface area contributed by atoms with Gasteiger partial charge in [-0.05, 0) is 61.1 Å². The first-order valence-electron chi connectivity index (χ1n) is 14.1. The Balaban J connectivity index is 1.25. The van der Waals surface area contributed by atoms with Gasteiger partial charge in [0.25, 0.3) is 5.91 Å². The number of hydrogen-bond acceptors (Lipinski definition) is 5. The number of β-amino-alcohol motifs (C(OH)–C–C–N with tert-alkyl or cyclic N) is 1. The van der Waals surface area contributed by atoms with E-state index in [9.17, 15) is 9.90 Å². The molecule has 3 unspecified atom stereocenters. The van der Waals surface area contributed by atoms with E-state index in [4.69, 9.17) is 5.10 Å². The fourth-order valence-corrected chi connectivity index (χ4v) is 6.27. The van der Waals surface area contributed by atoms with Gasteiger partial charge in [-0.15, -0.1) is 0 Å². The highest BCUT2D eigenvalue weighted by Crippen LogP contribution is 2.42. The summed E-state index contributed by atoms with van der Waals surface area (Å²) in [5.41, 5.74) is 4.60. The minimum Gasteiger partial charge on any atom is -0.391 e. The van der Waals surface area contributed by atoms with Crippen LogP contribution < -0.4 is 4.90 Å². The number of alkyl halides is 1. The third kappa shape index (κ3) is 4.23. The molecule has 2 fully saturated rings. The minimum atomic E-state index is -1.26. The fraction of sp³-hybridized carbons (Fsp3) is 0.387. The number of carbonyl (C=O) groups is 1. The second kappa shape index (κ2) is 9.66. The van der Waals surface area contributed by atoms with E-state index < -0.39 is 18.1 Å². The average Bonchev–Trinajstić information content (AvgIpc) is 3.57. The number of hydrogen-bond donors (Lipinski definition) is 1. The Morgan fingerprint density at radius 1 is 1.05 bits per heavy atom. The van der Waals surface area contributed by atoms with Crippen LogP contribution in [0.5, 0.6) is 0 Å².